The molecule has 5 aromatic carbocycles. The van der Waals surface area contributed by atoms with Gasteiger partial charge in [-0.25, -0.2) is 4.98 Å². The highest BCUT2D eigenvalue weighted by Crippen LogP contribution is 2.42. The molecule has 1 aromatic heterocycles. The van der Waals surface area contributed by atoms with Crippen LogP contribution >= 0.6 is 15.9 Å². The molecule has 0 atom stereocenters. The van der Waals surface area contributed by atoms with Gasteiger partial charge < -0.3 is 5.11 Å². The third kappa shape index (κ3) is 2.69. The van der Waals surface area contributed by atoms with Crippen LogP contribution in [0, 0.1) is 0 Å². The summed E-state index contributed by atoms with van der Waals surface area (Å²) in [6.07, 6.45) is 0. The lowest BCUT2D eigenvalue weighted by Gasteiger charge is -2.13. The fourth-order valence-electron chi connectivity index (χ4n) is 4.44. The van der Waals surface area contributed by atoms with E-state index in [1.807, 2.05) is 36.4 Å². The van der Waals surface area contributed by atoms with Crippen LogP contribution in [0.5, 0.6) is 5.75 Å². The molecular weight excluding hydrogens is 448 g/mol. The molecule has 1 N–H and O–H groups in total. The van der Waals surface area contributed by atoms with Crippen LogP contribution in [-0.4, -0.2) is 14.7 Å². The van der Waals surface area contributed by atoms with E-state index in [1.54, 1.807) is 6.07 Å². The first kappa shape index (κ1) is 18.2. The summed E-state index contributed by atoms with van der Waals surface area (Å²) in [5.41, 5.74) is 3.63. The second-order valence-corrected chi connectivity index (χ2v) is 8.38. The number of nitrogens with zero attached hydrogens (tertiary/aromatic N) is 2. The second kappa shape index (κ2) is 6.96. The molecule has 3 nitrogen and oxygen atoms in total. The quantitative estimate of drug-likeness (QED) is 0.270. The first-order valence-electron chi connectivity index (χ1n) is 10.1. The van der Waals surface area contributed by atoms with Gasteiger partial charge in [-0.05, 0) is 51.0 Å². The van der Waals surface area contributed by atoms with Crippen LogP contribution < -0.4 is 0 Å². The molecule has 0 spiro atoms. The van der Waals surface area contributed by atoms with E-state index < -0.39 is 0 Å². The molecule has 0 aliphatic heterocycles. The maximum atomic E-state index is 10.8. The van der Waals surface area contributed by atoms with E-state index in [-0.39, 0.29) is 5.75 Å². The zero-order valence-corrected chi connectivity index (χ0v) is 18.0. The van der Waals surface area contributed by atoms with Gasteiger partial charge in [-0.3, -0.25) is 4.57 Å². The van der Waals surface area contributed by atoms with Crippen LogP contribution in [0.2, 0.25) is 0 Å². The minimum Gasteiger partial charge on any atom is -0.507 e. The van der Waals surface area contributed by atoms with Gasteiger partial charge in [0.2, 0.25) is 0 Å². The molecule has 0 bridgehead atoms. The summed E-state index contributed by atoms with van der Waals surface area (Å²) in [5.74, 6) is 0.892. The topological polar surface area (TPSA) is 38.1 Å². The van der Waals surface area contributed by atoms with Crippen LogP contribution in [0.3, 0.4) is 0 Å². The Kier molecular flexibility index (Phi) is 4.08. The molecule has 0 radical (unpaired) electrons. The van der Waals surface area contributed by atoms with Crippen molar-refractivity contribution in [1.29, 1.82) is 0 Å². The minimum atomic E-state index is 0.190. The summed E-state index contributed by atoms with van der Waals surface area (Å²) in [6.45, 7) is 0. The van der Waals surface area contributed by atoms with Gasteiger partial charge in [0, 0.05) is 20.9 Å². The van der Waals surface area contributed by atoms with Crippen molar-refractivity contribution in [2.24, 2.45) is 0 Å². The fourth-order valence-corrected chi connectivity index (χ4v) is 4.97. The monoisotopic (exact) mass is 464 g/mol. The van der Waals surface area contributed by atoms with Gasteiger partial charge in [0.15, 0.2) is 5.82 Å². The standard InChI is InChI=1S/C27H17BrN2O/c28-22-15-8-16-23(31)24(22)27-29-25-20-13-6-4-11-18(20)19-12-5-7-14-21(19)26(25)30(27)17-9-2-1-3-10-17/h1-16,31H. The van der Waals surface area contributed by atoms with Crippen molar-refractivity contribution in [1.82, 2.24) is 9.55 Å². The lowest BCUT2D eigenvalue weighted by atomic mass is 10.00. The van der Waals surface area contributed by atoms with Crippen LogP contribution in [0.1, 0.15) is 0 Å². The Morgan fingerprint density at radius 2 is 1.26 bits per heavy atom. The van der Waals surface area contributed by atoms with Crippen LogP contribution in [0.15, 0.2) is 102 Å². The number of phenolic OH excluding ortho intramolecular Hbond substituents is 1. The van der Waals surface area contributed by atoms with Gasteiger partial charge >= 0.3 is 0 Å². The lowest BCUT2D eigenvalue weighted by Crippen LogP contribution is -1.98. The molecule has 0 saturated carbocycles. The van der Waals surface area contributed by atoms with Gasteiger partial charge in [-0.15, -0.1) is 0 Å². The minimum absolute atomic E-state index is 0.190. The molecule has 148 valence electrons. The van der Waals surface area contributed by atoms with E-state index in [2.05, 4.69) is 75.1 Å². The molecule has 6 rings (SSSR count). The van der Waals surface area contributed by atoms with Crippen molar-refractivity contribution in [3.05, 3.63) is 102 Å². The Labute approximate surface area is 187 Å². The summed E-state index contributed by atoms with van der Waals surface area (Å²) >= 11 is 3.63. The average Bonchev–Trinajstić information content (AvgIpc) is 3.20. The Balaban J connectivity index is 1.91. The molecular formula is C27H17BrN2O. The number of aromatic nitrogens is 2. The van der Waals surface area contributed by atoms with Gasteiger partial charge in [0.05, 0.1) is 16.6 Å². The number of benzene rings is 5. The Hall–Kier alpha value is -3.63. The van der Waals surface area contributed by atoms with Crippen molar-refractivity contribution in [2.45, 2.75) is 0 Å². The number of hydrogen-bond donors (Lipinski definition) is 1. The van der Waals surface area contributed by atoms with Gasteiger partial charge in [-0.1, -0.05) is 72.8 Å². The molecule has 6 aromatic rings. The number of para-hydroxylation sites is 1. The molecule has 0 unspecified atom stereocenters. The van der Waals surface area contributed by atoms with E-state index in [9.17, 15) is 5.11 Å². The highest BCUT2D eigenvalue weighted by atomic mass is 79.9. The number of rotatable bonds is 2. The third-order valence-electron chi connectivity index (χ3n) is 5.76. The van der Waals surface area contributed by atoms with E-state index >= 15 is 0 Å². The second-order valence-electron chi connectivity index (χ2n) is 7.53. The van der Waals surface area contributed by atoms with E-state index in [0.29, 0.717) is 11.4 Å². The van der Waals surface area contributed by atoms with Crippen molar-refractivity contribution >= 4 is 48.5 Å². The molecule has 0 fully saturated rings. The third-order valence-corrected chi connectivity index (χ3v) is 6.42. The van der Waals surface area contributed by atoms with E-state index in [1.165, 1.54) is 10.8 Å². The highest BCUT2D eigenvalue weighted by Gasteiger charge is 2.22. The van der Waals surface area contributed by atoms with Gasteiger partial charge in [-0.2, -0.15) is 0 Å². The number of aromatic hydroxyl groups is 1. The predicted molar refractivity (Wildman–Crippen MR) is 131 cm³/mol. The smallest absolute Gasteiger partial charge is 0.150 e. The summed E-state index contributed by atoms with van der Waals surface area (Å²) < 4.78 is 2.96. The molecule has 4 heteroatoms. The Bertz CT molecular complexity index is 1580. The summed E-state index contributed by atoms with van der Waals surface area (Å²) in [5, 5.41) is 15.4. The van der Waals surface area contributed by atoms with Gasteiger partial charge in [0.1, 0.15) is 5.75 Å². The van der Waals surface area contributed by atoms with Crippen LogP contribution in [0.25, 0.3) is 49.7 Å². The largest absolute Gasteiger partial charge is 0.507 e. The van der Waals surface area contributed by atoms with Crippen LogP contribution in [0.4, 0.5) is 0 Å². The molecule has 0 amide bonds. The molecule has 0 aliphatic carbocycles. The SMILES string of the molecule is Oc1cccc(Br)c1-c1nc2c3ccccc3c3ccccc3c2n1-c1ccccc1. The van der Waals surface area contributed by atoms with E-state index in [0.717, 1.165) is 32.0 Å². The Morgan fingerprint density at radius 1 is 0.645 bits per heavy atom. The van der Waals surface area contributed by atoms with Crippen molar-refractivity contribution < 1.29 is 5.11 Å². The number of hydrogen-bond acceptors (Lipinski definition) is 2. The maximum absolute atomic E-state index is 10.8. The first-order chi connectivity index (χ1) is 15.2. The van der Waals surface area contributed by atoms with Crippen molar-refractivity contribution in [3.8, 4) is 22.8 Å². The maximum Gasteiger partial charge on any atom is 0.150 e. The zero-order chi connectivity index (χ0) is 20.9. The average molecular weight is 465 g/mol. The summed E-state index contributed by atoms with van der Waals surface area (Å²) in [4.78, 5) is 5.13. The number of imidazole rings is 1. The number of fused-ring (bicyclic) bond motifs is 6. The number of phenols is 1. The predicted octanol–water partition coefficient (Wildman–Crippen LogP) is 7.47. The lowest BCUT2D eigenvalue weighted by molar-refractivity contribution is 0.476. The van der Waals surface area contributed by atoms with E-state index in [4.69, 9.17) is 4.98 Å². The molecule has 0 aliphatic rings. The number of halogens is 1. The van der Waals surface area contributed by atoms with Gasteiger partial charge in [0.25, 0.3) is 0 Å². The summed E-state index contributed by atoms with van der Waals surface area (Å²) in [6, 6.07) is 32.5. The van der Waals surface area contributed by atoms with Crippen LogP contribution in [-0.2, 0) is 0 Å². The molecule has 31 heavy (non-hydrogen) atoms. The Morgan fingerprint density at radius 3 is 1.97 bits per heavy atom. The first-order valence-corrected chi connectivity index (χ1v) is 10.9. The summed E-state index contributed by atoms with van der Waals surface area (Å²) in [7, 11) is 0. The normalized spacial score (nSPS) is 11.5. The zero-order valence-electron chi connectivity index (χ0n) is 16.5. The van der Waals surface area contributed by atoms with Crippen molar-refractivity contribution in [3.63, 3.8) is 0 Å². The molecule has 1 heterocycles. The molecule has 0 saturated heterocycles. The highest BCUT2D eigenvalue weighted by molar-refractivity contribution is 9.10. The van der Waals surface area contributed by atoms with Crippen molar-refractivity contribution in [2.75, 3.05) is 0 Å². The fraction of sp³-hybridized carbons (Fsp3) is 0.